The summed E-state index contributed by atoms with van der Waals surface area (Å²) in [4.78, 5) is 2.02. The third kappa shape index (κ3) is 3.01. The van der Waals surface area contributed by atoms with Gasteiger partial charge in [0.1, 0.15) is 0 Å². The van der Waals surface area contributed by atoms with E-state index in [1.807, 2.05) is 23.7 Å². The highest BCUT2D eigenvalue weighted by atomic mass is 32.2. The molecular weight excluding hydrogens is 259 g/mol. The Morgan fingerprint density at radius 3 is 2.50 bits per heavy atom. The molecule has 5 heteroatoms. The number of thioether (sulfide) groups is 1. The maximum atomic E-state index is 13.5. The molecule has 0 atom stereocenters. The van der Waals surface area contributed by atoms with Gasteiger partial charge in [-0.15, -0.1) is 0 Å². The molecule has 0 aromatic heterocycles. The molecule has 1 aliphatic rings. The van der Waals surface area contributed by atoms with Crippen LogP contribution in [0.2, 0.25) is 0 Å². The molecule has 0 radical (unpaired) electrons. The van der Waals surface area contributed by atoms with Crippen molar-refractivity contribution in [1.29, 1.82) is 0 Å². The van der Waals surface area contributed by atoms with Crippen molar-refractivity contribution < 1.29 is 13.2 Å². The van der Waals surface area contributed by atoms with E-state index >= 15 is 0 Å². The van der Waals surface area contributed by atoms with Crippen LogP contribution in [-0.2, 0) is 6.54 Å². The van der Waals surface area contributed by atoms with Gasteiger partial charge in [0, 0.05) is 18.2 Å². The van der Waals surface area contributed by atoms with Crippen molar-refractivity contribution in [3.8, 4) is 0 Å². The van der Waals surface area contributed by atoms with Crippen molar-refractivity contribution in [3.05, 3.63) is 35.1 Å². The van der Waals surface area contributed by atoms with Crippen molar-refractivity contribution in [2.24, 2.45) is 0 Å². The van der Waals surface area contributed by atoms with Gasteiger partial charge < -0.3 is 0 Å². The lowest BCUT2D eigenvalue weighted by molar-refractivity contribution is 0.217. The maximum Gasteiger partial charge on any atom is 0.194 e. The number of nitrogens with zero attached hydrogens (tertiary/aromatic N) is 1. The average Bonchev–Trinajstić information content (AvgIpc) is 2.40. The van der Waals surface area contributed by atoms with Gasteiger partial charge >= 0.3 is 0 Å². The van der Waals surface area contributed by atoms with Gasteiger partial charge in [0.2, 0.25) is 0 Å². The molecule has 18 heavy (non-hydrogen) atoms. The smallest absolute Gasteiger partial charge is 0.194 e. The minimum Gasteiger partial charge on any atom is -0.299 e. The van der Waals surface area contributed by atoms with Gasteiger partial charge in [-0.2, -0.15) is 11.8 Å². The first-order chi connectivity index (χ1) is 8.59. The monoisotopic (exact) mass is 275 g/mol. The van der Waals surface area contributed by atoms with Crippen molar-refractivity contribution in [1.82, 2.24) is 4.90 Å². The van der Waals surface area contributed by atoms with Crippen LogP contribution in [0.3, 0.4) is 0 Å². The molecule has 0 saturated carbocycles. The zero-order chi connectivity index (χ0) is 13.1. The van der Waals surface area contributed by atoms with Gasteiger partial charge in [-0.1, -0.05) is 6.07 Å². The van der Waals surface area contributed by atoms with E-state index in [0.29, 0.717) is 12.6 Å². The van der Waals surface area contributed by atoms with Gasteiger partial charge in [-0.3, -0.25) is 4.90 Å². The molecule has 1 aromatic rings. The molecule has 1 aliphatic heterocycles. The Morgan fingerprint density at radius 2 is 1.83 bits per heavy atom. The summed E-state index contributed by atoms with van der Waals surface area (Å²) in [5.41, 5.74) is 0.217. The summed E-state index contributed by atoms with van der Waals surface area (Å²) in [7, 11) is 1.90. The van der Waals surface area contributed by atoms with E-state index in [-0.39, 0.29) is 5.56 Å². The zero-order valence-corrected chi connectivity index (χ0v) is 11.1. The highest BCUT2D eigenvalue weighted by molar-refractivity contribution is 7.99. The van der Waals surface area contributed by atoms with Crippen LogP contribution in [0, 0.1) is 17.5 Å². The van der Waals surface area contributed by atoms with E-state index < -0.39 is 17.5 Å². The first-order valence-corrected chi connectivity index (χ1v) is 7.15. The van der Waals surface area contributed by atoms with E-state index in [0.717, 1.165) is 30.4 Å². The molecule has 0 N–H and O–H groups in total. The Balaban J connectivity index is 2.06. The molecule has 0 bridgehead atoms. The van der Waals surface area contributed by atoms with E-state index in [1.165, 1.54) is 6.07 Å². The van der Waals surface area contributed by atoms with E-state index in [4.69, 9.17) is 0 Å². The van der Waals surface area contributed by atoms with Gasteiger partial charge in [-0.05, 0) is 37.5 Å². The first kappa shape index (κ1) is 13.7. The summed E-state index contributed by atoms with van der Waals surface area (Å²) in [5.74, 6) is -1.36. The van der Waals surface area contributed by atoms with E-state index in [9.17, 15) is 13.2 Å². The molecule has 1 fully saturated rings. The molecule has 1 nitrogen and oxygen atoms in total. The lowest BCUT2D eigenvalue weighted by atomic mass is 10.1. The predicted molar refractivity (Wildman–Crippen MR) is 68.1 cm³/mol. The second-order valence-corrected chi connectivity index (χ2v) is 5.82. The summed E-state index contributed by atoms with van der Waals surface area (Å²) in [6, 6.07) is 2.71. The fraction of sp³-hybridized carbons (Fsp3) is 0.538. The Kier molecular flexibility index (Phi) is 4.56. The van der Waals surface area contributed by atoms with Gasteiger partial charge in [0.15, 0.2) is 17.5 Å². The van der Waals surface area contributed by atoms with Crippen LogP contribution < -0.4 is 0 Å². The van der Waals surface area contributed by atoms with Gasteiger partial charge in [0.25, 0.3) is 0 Å². The molecule has 1 saturated heterocycles. The Hall–Kier alpha value is -0.680. The van der Waals surface area contributed by atoms with Crippen molar-refractivity contribution in [2.75, 3.05) is 18.6 Å². The molecule has 0 aliphatic carbocycles. The molecule has 1 heterocycles. The zero-order valence-electron chi connectivity index (χ0n) is 10.3. The Morgan fingerprint density at radius 1 is 1.17 bits per heavy atom. The number of benzene rings is 1. The van der Waals surface area contributed by atoms with Crippen molar-refractivity contribution >= 4 is 11.8 Å². The van der Waals surface area contributed by atoms with Crippen LogP contribution in [0.15, 0.2) is 12.1 Å². The van der Waals surface area contributed by atoms with Crippen LogP contribution in [0.4, 0.5) is 13.2 Å². The molecular formula is C13H16F3NS. The summed E-state index contributed by atoms with van der Waals surface area (Å²) < 4.78 is 39.5. The third-order valence-corrected chi connectivity index (χ3v) is 4.40. The summed E-state index contributed by atoms with van der Waals surface area (Å²) >= 11 is 1.92. The second kappa shape index (κ2) is 5.97. The lowest BCUT2D eigenvalue weighted by Gasteiger charge is -2.31. The molecule has 2 rings (SSSR count). The normalized spacial score (nSPS) is 17.4. The first-order valence-electron chi connectivity index (χ1n) is 6.00. The van der Waals surface area contributed by atoms with Crippen molar-refractivity contribution in [2.45, 2.75) is 25.4 Å². The van der Waals surface area contributed by atoms with Crippen LogP contribution >= 0.6 is 11.8 Å². The topological polar surface area (TPSA) is 3.24 Å². The third-order valence-electron chi connectivity index (χ3n) is 3.35. The number of halogens is 3. The molecule has 1 aromatic carbocycles. The van der Waals surface area contributed by atoms with E-state index in [2.05, 4.69) is 0 Å². The maximum absolute atomic E-state index is 13.5. The van der Waals surface area contributed by atoms with Gasteiger partial charge in [-0.25, -0.2) is 13.2 Å². The summed E-state index contributed by atoms with van der Waals surface area (Å²) in [6.45, 7) is 0.318. The standard InChI is InChI=1S/C13H16F3NS/c1-17(10-4-6-18-7-5-10)8-9-2-3-11(14)13(16)12(9)15/h2-3,10H,4-8H2,1H3. The number of rotatable bonds is 3. The highest BCUT2D eigenvalue weighted by Gasteiger charge is 2.20. The highest BCUT2D eigenvalue weighted by Crippen LogP contribution is 2.23. The minimum absolute atomic E-state index is 0.217. The Labute approximate surface area is 109 Å². The van der Waals surface area contributed by atoms with Crippen LogP contribution in [0.25, 0.3) is 0 Å². The van der Waals surface area contributed by atoms with Crippen molar-refractivity contribution in [3.63, 3.8) is 0 Å². The van der Waals surface area contributed by atoms with Crippen LogP contribution in [0.5, 0.6) is 0 Å². The fourth-order valence-electron chi connectivity index (χ4n) is 2.21. The average molecular weight is 275 g/mol. The number of hydrogen-bond acceptors (Lipinski definition) is 2. The SMILES string of the molecule is CN(Cc1ccc(F)c(F)c1F)C1CCSCC1. The Bertz CT molecular complexity index is 419. The lowest BCUT2D eigenvalue weighted by Crippen LogP contribution is -2.34. The fourth-order valence-corrected chi connectivity index (χ4v) is 3.29. The van der Waals surface area contributed by atoms with Crippen LogP contribution in [-0.4, -0.2) is 29.5 Å². The van der Waals surface area contributed by atoms with E-state index in [1.54, 1.807) is 0 Å². The predicted octanol–water partition coefficient (Wildman–Crippen LogP) is 3.43. The van der Waals surface area contributed by atoms with Crippen LogP contribution in [0.1, 0.15) is 18.4 Å². The minimum atomic E-state index is -1.37. The summed E-state index contributed by atoms with van der Waals surface area (Å²) in [6.07, 6.45) is 2.12. The van der Waals surface area contributed by atoms with Gasteiger partial charge in [0.05, 0.1) is 0 Å². The molecule has 0 unspecified atom stereocenters. The number of hydrogen-bond donors (Lipinski definition) is 0. The quantitative estimate of drug-likeness (QED) is 0.778. The second-order valence-electron chi connectivity index (χ2n) is 4.59. The summed E-state index contributed by atoms with van der Waals surface area (Å²) in [5, 5.41) is 0. The molecule has 0 spiro atoms. The molecule has 0 amide bonds. The molecule has 100 valence electrons. The largest absolute Gasteiger partial charge is 0.299 e.